The molecule has 3 aromatic rings. The second-order valence-electron chi connectivity index (χ2n) is 3.77. The molecule has 0 atom stereocenters. The van der Waals surface area contributed by atoms with Crippen LogP contribution in [0.25, 0.3) is 23.0 Å². The highest BCUT2D eigenvalue weighted by Gasteiger charge is 2.20. The van der Waals surface area contributed by atoms with Gasteiger partial charge in [-0.3, -0.25) is 10.1 Å². The molecule has 2 N–H and O–H groups in total. The summed E-state index contributed by atoms with van der Waals surface area (Å²) in [6.45, 7) is 0. The molecule has 8 nitrogen and oxygen atoms in total. The molecule has 0 spiro atoms. The molecular weight excluding hydrogens is 282 g/mol. The van der Waals surface area contributed by atoms with Crippen molar-refractivity contribution in [3.05, 3.63) is 39.8 Å². The predicted octanol–water partition coefficient (Wildman–Crippen LogP) is 2.35. The van der Waals surface area contributed by atoms with E-state index in [1.54, 1.807) is 23.6 Å². The lowest BCUT2D eigenvalue weighted by molar-refractivity contribution is -0.384. The Kier molecular flexibility index (Phi) is 2.88. The third kappa shape index (κ3) is 2.10. The number of nitro benzene ring substituents is 1. The third-order valence-electron chi connectivity index (χ3n) is 2.51. The maximum Gasteiger partial charge on any atom is 0.280 e. The molecule has 0 aliphatic rings. The van der Waals surface area contributed by atoms with Crippen molar-refractivity contribution in [2.24, 2.45) is 0 Å². The van der Waals surface area contributed by atoms with Gasteiger partial charge >= 0.3 is 0 Å². The number of hydrogen-bond donors (Lipinski definition) is 1. The molecule has 0 saturated carbocycles. The van der Waals surface area contributed by atoms with Gasteiger partial charge in [0.15, 0.2) is 5.13 Å². The lowest BCUT2D eigenvalue weighted by Gasteiger charge is -1.95. The van der Waals surface area contributed by atoms with E-state index >= 15 is 0 Å². The van der Waals surface area contributed by atoms with Crippen molar-refractivity contribution in [2.45, 2.75) is 0 Å². The van der Waals surface area contributed by atoms with Crippen LogP contribution in [0, 0.1) is 10.1 Å². The monoisotopic (exact) mass is 289 g/mol. The van der Waals surface area contributed by atoms with Gasteiger partial charge in [-0.1, -0.05) is 17.3 Å². The average molecular weight is 289 g/mol. The Bertz CT molecular complexity index is 782. The van der Waals surface area contributed by atoms with Crippen molar-refractivity contribution < 1.29 is 9.45 Å². The van der Waals surface area contributed by atoms with E-state index in [2.05, 4.69) is 15.1 Å². The normalized spacial score (nSPS) is 10.6. The van der Waals surface area contributed by atoms with Gasteiger partial charge in [0.05, 0.1) is 4.92 Å². The van der Waals surface area contributed by atoms with Crippen LogP contribution in [-0.2, 0) is 0 Å². The Morgan fingerprint density at radius 1 is 1.30 bits per heavy atom. The Hall–Kier alpha value is -2.81. The van der Waals surface area contributed by atoms with Crippen molar-refractivity contribution in [1.82, 2.24) is 15.1 Å². The number of nitrogens with zero attached hydrogens (tertiary/aromatic N) is 4. The molecule has 2 heterocycles. The quantitative estimate of drug-likeness (QED) is 0.580. The molecule has 0 aliphatic heterocycles. The van der Waals surface area contributed by atoms with Gasteiger partial charge in [-0.2, -0.15) is 4.98 Å². The standard InChI is InChI=1S/C11H7N5O3S/c12-11-13-7(5-20-11)10-14-9(15-19-10)6-3-1-2-4-8(6)16(17)18/h1-5H,(H2,12,13). The summed E-state index contributed by atoms with van der Waals surface area (Å²) in [5.74, 6) is 0.310. The van der Waals surface area contributed by atoms with Crippen LogP contribution in [-0.4, -0.2) is 20.0 Å². The van der Waals surface area contributed by atoms with Crippen LogP contribution in [0.2, 0.25) is 0 Å². The highest BCUT2D eigenvalue weighted by atomic mass is 32.1. The third-order valence-corrected chi connectivity index (χ3v) is 3.18. The SMILES string of the molecule is Nc1nc(-c2nc(-c3ccccc3[N+](=O)[O-])no2)cs1. The minimum atomic E-state index is -0.494. The first-order valence-electron chi connectivity index (χ1n) is 5.44. The van der Waals surface area contributed by atoms with E-state index in [-0.39, 0.29) is 23.0 Å². The average Bonchev–Trinajstić information content (AvgIpc) is 3.07. The van der Waals surface area contributed by atoms with Crippen LogP contribution < -0.4 is 5.73 Å². The fourth-order valence-electron chi connectivity index (χ4n) is 1.64. The summed E-state index contributed by atoms with van der Waals surface area (Å²) in [4.78, 5) is 18.6. The molecule has 1 aromatic carbocycles. The minimum absolute atomic E-state index is 0.0855. The van der Waals surface area contributed by atoms with Crippen molar-refractivity contribution >= 4 is 22.2 Å². The molecule has 2 aromatic heterocycles. The molecule has 3 rings (SSSR count). The maximum atomic E-state index is 11.0. The van der Waals surface area contributed by atoms with E-state index in [1.165, 1.54) is 17.4 Å². The number of aromatic nitrogens is 3. The van der Waals surface area contributed by atoms with Crippen molar-refractivity contribution in [3.63, 3.8) is 0 Å². The first-order valence-corrected chi connectivity index (χ1v) is 6.32. The highest BCUT2D eigenvalue weighted by Crippen LogP contribution is 2.29. The number of rotatable bonds is 3. The van der Waals surface area contributed by atoms with E-state index in [4.69, 9.17) is 10.3 Å². The van der Waals surface area contributed by atoms with E-state index in [1.807, 2.05) is 0 Å². The first-order chi connectivity index (χ1) is 9.65. The molecule has 100 valence electrons. The molecule has 0 amide bonds. The van der Waals surface area contributed by atoms with Gasteiger partial charge in [-0.15, -0.1) is 11.3 Å². The van der Waals surface area contributed by atoms with Crippen molar-refractivity contribution in [2.75, 3.05) is 5.73 Å². The summed E-state index contributed by atoms with van der Waals surface area (Å²) in [6.07, 6.45) is 0. The van der Waals surface area contributed by atoms with E-state index in [9.17, 15) is 10.1 Å². The molecule has 0 radical (unpaired) electrons. The number of nitro groups is 1. The van der Waals surface area contributed by atoms with Crippen LogP contribution in [0.4, 0.5) is 10.8 Å². The Balaban J connectivity index is 2.05. The fraction of sp³-hybridized carbons (Fsp3) is 0. The van der Waals surface area contributed by atoms with Gasteiger partial charge in [-0.25, -0.2) is 4.98 Å². The fourth-order valence-corrected chi connectivity index (χ4v) is 2.18. The summed E-state index contributed by atoms with van der Waals surface area (Å²) < 4.78 is 5.06. The second kappa shape index (κ2) is 4.70. The van der Waals surface area contributed by atoms with Gasteiger partial charge in [0.25, 0.3) is 11.6 Å². The molecule has 0 unspecified atom stereocenters. The van der Waals surface area contributed by atoms with Crippen LogP contribution in [0.1, 0.15) is 0 Å². The van der Waals surface area contributed by atoms with Gasteiger partial charge in [0, 0.05) is 11.4 Å². The second-order valence-corrected chi connectivity index (χ2v) is 4.66. The minimum Gasteiger partial charge on any atom is -0.375 e. The topological polar surface area (TPSA) is 121 Å². The van der Waals surface area contributed by atoms with E-state index in [0.717, 1.165) is 0 Å². The van der Waals surface area contributed by atoms with Gasteiger partial charge < -0.3 is 10.3 Å². The molecule has 0 aliphatic carbocycles. The molecule has 20 heavy (non-hydrogen) atoms. The molecular formula is C11H7N5O3S. The zero-order chi connectivity index (χ0) is 14.1. The van der Waals surface area contributed by atoms with Gasteiger partial charge in [0.2, 0.25) is 5.82 Å². The number of nitrogens with two attached hydrogens (primary N) is 1. The zero-order valence-electron chi connectivity index (χ0n) is 9.89. The summed E-state index contributed by atoms with van der Waals surface area (Å²) in [7, 11) is 0. The van der Waals surface area contributed by atoms with Crippen molar-refractivity contribution in [3.8, 4) is 23.0 Å². The van der Waals surface area contributed by atoms with E-state index in [0.29, 0.717) is 10.8 Å². The lowest BCUT2D eigenvalue weighted by Crippen LogP contribution is -1.92. The summed E-state index contributed by atoms with van der Waals surface area (Å²) in [6, 6.07) is 6.18. The van der Waals surface area contributed by atoms with Crippen LogP contribution in [0.15, 0.2) is 34.2 Å². The molecule has 0 saturated heterocycles. The summed E-state index contributed by atoms with van der Waals surface area (Å²) in [5.41, 5.74) is 6.18. The number of para-hydroxylation sites is 1. The zero-order valence-corrected chi connectivity index (χ0v) is 10.7. The number of anilines is 1. The van der Waals surface area contributed by atoms with Crippen molar-refractivity contribution in [1.29, 1.82) is 0 Å². The number of hydrogen-bond acceptors (Lipinski definition) is 8. The molecule has 9 heteroatoms. The maximum absolute atomic E-state index is 11.0. The summed E-state index contributed by atoms with van der Waals surface area (Å²) >= 11 is 1.24. The van der Waals surface area contributed by atoms with Crippen LogP contribution in [0.5, 0.6) is 0 Å². The van der Waals surface area contributed by atoms with Gasteiger partial charge in [-0.05, 0) is 6.07 Å². The summed E-state index contributed by atoms with van der Waals surface area (Å²) in [5, 5.41) is 16.8. The largest absolute Gasteiger partial charge is 0.375 e. The van der Waals surface area contributed by atoms with Crippen LogP contribution in [0.3, 0.4) is 0 Å². The number of thiazole rings is 1. The highest BCUT2D eigenvalue weighted by molar-refractivity contribution is 7.13. The Morgan fingerprint density at radius 2 is 2.10 bits per heavy atom. The predicted molar refractivity (Wildman–Crippen MR) is 71.9 cm³/mol. The Labute approximate surface area is 116 Å². The van der Waals surface area contributed by atoms with Crippen LogP contribution >= 0.6 is 11.3 Å². The molecule has 0 bridgehead atoms. The van der Waals surface area contributed by atoms with Gasteiger partial charge in [0.1, 0.15) is 11.3 Å². The smallest absolute Gasteiger partial charge is 0.280 e. The first kappa shape index (κ1) is 12.2. The number of benzene rings is 1. The lowest BCUT2D eigenvalue weighted by atomic mass is 10.2. The number of nitrogen functional groups attached to an aromatic ring is 1. The molecule has 0 fully saturated rings. The van der Waals surface area contributed by atoms with E-state index < -0.39 is 4.92 Å². The Morgan fingerprint density at radius 3 is 2.80 bits per heavy atom.